The number of rotatable bonds is 7. The lowest BCUT2D eigenvalue weighted by molar-refractivity contribution is -0.137. The topological polar surface area (TPSA) is 40.5 Å². The van der Waals surface area contributed by atoms with Gasteiger partial charge in [0, 0.05) is 34.8 Å². The second-order valence-corrected chi connectivity index (χ2v) is 9.07. The molecule has 0 aromatic heterocycles. The standard InChI is InChI=1S/C25H32ClNO2/c1-18-10-9-11-19(24(18)26)15-16-22-25(2,3)20-12-6-7-13-21(20)27(22)17-8-4-5-14-23(28)29/h6-7,12-13,15-16H,4-5,8-11,14,17H2,1-3H3,(H,28,29)/b19-15+,22-16-. The number of allylic oxidation sites excluding steroid dienone is 6. The molecule has 0 bridgehead atoms. The van der Waals surface area contributed by atoms with Crippen molar-refractivity contribution in [2.45, 2.75) is 71.1 Å². The predicted octanol–water partition coefficient (Wildman–Crippen LogP) is 6.94. The average molecular weight is 414 g/mol. The summed E-state index contributed by atoms with van der Waals surface area (Å²) in [6.45, 7) is 7.59. The summed E-state index contributed by atoms with van der Waals surface area (Å²) in [7, 11) is 0. The third-order valence-electron chi connectivity index (χ3n) is 6.17. The van der Waals surface area contributed by atoms with Gasteiger partial charge >= 0.3 is 5.97 Å². The molecule has 1 heterocycles. The van der Waals surface area contributed by atoms with Crippen LogP contribution >= 0.6 is 11.6 Å². The number of nitrogens with zero attached hydrogens (tertiary/aromatic N) is 1. The Morgan fingerprint density at radius 3 is 2.69 bits per heavy atom. The summed E-state index contributed by atoms with van der Waals surface area (Å²) in [5.74, 6) is -0.711. The quantitative estimate of drug-likeness (QED) is 0.492. The van der Waals surface area contributed by atoms with Gasteiger partial charge in [-0.05, 0) is 62.3 Å². The molecule has 1 N–H and O–H groups in total. The van der Waals surface area contributed by atoms with Gasteiger partial charge in [-0.2, -0.15) is 0 Å². The second kappa shape index (κ2) is 9.21. The molecule has 0 saturated heterocycles. The Morgan fingerprint density at radius 2 is 1.93 bits per heavy atom. The van der Waals surface area contributed by atoms with Gasteiger partial charge in [0.15, 0.2) is 0 Å². The van der Waals surface area contributed by atoms with Crippen LogP contribution < -0.4 is 4.90 Å². The maximum absolute atomic E-state index is 10.8. The Hall–Kier alpha value is -2.00. The maximum atomic E-state index is 10.8. The van der Waals surface area contributed by atoms with E-state index in [-0.39, 0.29) is 11.8 Å². The van der Waals surface area contributed by atoms with Crippen molar-refractivity contribution in [2.75, 3.05) is 11.4 Å². The predicted molar refractivity (Wildman–Crippen MR) is 121 cm³/mol. The van der Waals surface area contributed by atoms with E-state index in [1.54, 1.807) is 0 Å². The number of carboxylic acids is 1. The summed E-state index contributed by atoms with van der Waals surface area (Å²) in [6.07, 6.45) is 10.6. The van der Waals surface area contributed by atoms with Crippen LogP contribution in [0, 0.1) is 0 Å². The highest BCUT2D eigenvalue weighted by Gasteiger charge is 2.39. The van der Waals surface area contributed by atoms with Crippen molar-refractivity contribution in [3.05, 3.63) is 63.9 Å². The molecule has 1 aromatic carbocycles. The smallest absolute Gasteiger partial charge is 0.303 e. The molecule has 0 amide bonds. The normalized spacial score (nSPS) is 21.2. The number of benzene rings is 1. The molecular weight excluding hydrogens is 382 g/mol. The van der Waals surface area contributed by atoms with Crippen molar-refractivity contribution in [3.8, 4) is 0 Å². The minimum atomic E-state index is -0.711. The van der Waals surface area contributed by atoms with Crippen LogP contribution in [0.15, 0.2) is 58.3 Å². The molecular formula is C25H32ClNO2. The second-order valence-electron chi connectivity index (χ2n) is 8.69. The number of hydrogen-bond acceptors (Lipinski definition) is 2. The molecule has 0 unspecified atom stereocenters. The van der Waals surface area contributed by atoms with E-state index in [1.165, 1.54) is 28.1 Å². The number of anilines is 1. The molecule has 29 heavy (non-hydrogen) atoms. The number of unbranched alkanes of at least 4 members (excludes halogenated alkanes) is 2. The SMILES string of the molecule is CC1=C(Cl)/C(=C/C=C2\N(CCCCCC(=O)O)c3ccccc3C2(C)C)CCC1. The molecule has 0 atom stereocenters. The Labute approximate surface area is 179 Å². The number of fused-ring (bicyclic) bond motifs is 1. The largest absolute Gasteiger partial charge is 0.481 e. The third-order valence-corrected chi connectivity index (χ3v) is 6.73. The maximum Gasteiger partial charge on any atom is 0.303 e. The van der Waals surface area contributed by atoms with E-state index in [4.69, 9.17) is 16.7 Å². The van der Waals surface area contributed by atoms with Crippen LogP contribution in [0.1, 0.15) is 71.3 Å². The molecule has 4 heteroatoms. The molecule has 3 rings (SSSR count). The monoisotopic (exact) mass is 413 g/mol. The van der Waals surface area contributed by atoms with E-state index >= 15 is 0 Å². The van der Waals surface area contributed by atoms with E-state index in [0.717, 1.165) is 50.1 Å². The molecule has 0 radical (unpaired) electrons. The van der Waals surface area contributed by atoms with Crippen molar-refractivity contribution in [1.82, 2.24) is 0 Å². The molecule has 1 aliphatic heterocycles. The van der Waals surface area contributed by atoms with Crippen LogP contribution in [0.25, 0.3) is 0 Å². The Bertz CT molecular complexity index is 863. The van der Waals surface area contributed by atoms with Crippen molar-refractivity contribution >= 4 is 23.3 Å². The fraction of sp³-hybridized carbons (Fsp3) is 0.480. The summed E-state index contributed by atoms with van der Waals surface area (Å²) in [5, 5.41) is 9.79. The summed E-state index contributed by atoms with van der Waals surface area (Å²) >= 11 is 6.58. The minimum Gasteiger partial charge on any atom is -0.481 e. The summed E-state index contributed by atoms with van der Waals surface area (Å²) in [6, 6.07) is 8.62. The highest BCUT2D eigenvalue weighted by Crippen LogP contribution is 2.48. The number of hydrogen-bond donors (Lipinski definition) is 1. The van der Waals surface area contributed by atoms with E-state index < -0.39 is 5.97 Å². The minimum absolute atomic E-state index is 0.0748. The average Bonchev–Trinajstić information content (AvgIpc) is 2.89. The number of para-hydroxylation sites is 1. The molecule has 0 saturated carbocycles. The zero-order valence-corrected chi connectivity index (χ0v) is 18.6. The van der Waals surface area contributed by atoms with Gasteiger partial charge in [0.25, 0.3) is 0 Å². The third kappa shape index (κ3) is 4.78. The Kier molecular flexibility index (Phi) is 6.89. The first-order valence-corrected chi connectivity index (χ1v) is 11.1. The van der Waals surface area contributed by atoms with Gasteiger partial charge in [0.1, 0.15) is 0 Å². The summed E-state index contributed by atoms with van der Waals surface area (Å²) in [5.41, 5.74) is 6.34. The van der Waals surface area contributed by atoms with Gasteiger partial charge in [0.05, 0.1) is 0 Å². The first kappa shape index (κ1) is 21.7. The molecule has 1 aliphatic carbocycles. The van der Waals surface area contributed by atoms with E-state index in [0.29, 0.717) is 0 Å². The zero-order valence-electron chi connectivity index (χ0n) is 17.8. The lowest BCUT2D eigenvalue weighted by atomic mass is 9.83. The molecule has 0 spiro atoms. The van der Waals surface area contributed by atoms with E-state index in [1.807, 2.05) is 0 Å². The Morgan fingerprint density at radius 1 is 1.17 bits per heavy atom. The van der Waals surface area contributed by atoms with Gasteiger partial charge in [-0.3, -0.25) is 4.79 Å². The number of carboxylic acid groups (broad SMARTS) is 1. The van der Waals surface area contributed by atoms with E-state index in [9.17, 15) is 4.79 Å². The van der Waals surface area contributed by atoms with Crippen LogP contribution in [0.3, 0.4) is 0 Å². The fourth-order valence-corrected chi connectivity index (χ4v) is 4.73. The number of aliphatic carboxylic acids is 1. The van der Waals surface area contributed by atoms with Crippen molar-refractivity contribution in [3.63, 3.8) is 0 Å². The van der Waals surface area contributed by atoms with Crippen molar-refractivity contribution in [2.24, 2.45) is 0 Å². The van der Waals surface area contributed by atoms with Gasteiger partial charge in [0.2, 0.25) is 0 Å². The van der Waals surface area contributed by atoms with Crippen LogP contribution in [-0.2, 0) is 10.2 Å². The van der Waals surface area contributed by atoms with Crippen molar-refractivity contribution in [1.29, 1.82) is 0 Å². The first-order valence-electron chi connectivity index (χ1n) is 10.7. The van der Waals surface area contributed by atoms with Gasteiger partial charge in [-0.25, -0.2) is 0 Å². The molecule has 1 aromatic rings. The number of halogens is 1. The van der Waals surface area contributed by atoms with Crippen molar-refractivity contribution < 1.29 is 9.90 Å². The molecule has 2 aliphatic rings. The molecule has 0 fully saturated rings. The van der Waals surface area contributed by atoms with Crippen LogP contribution in [0.2, 0.25) is 0 Å². The highest BCUT2D eigenvalue weighted by atomic mass is 35.5. The molecule has 156 valence electrons. The molecule has 3 nitrogen and oxygen atoms in total. The lowest BCUT2D eigenvalue weighted by Gasteiger charge is -2.27. The van der Waals surface area contributed by atoms with E-state index in [2.05, 4.69) is 62.1 Å². The first-order chi connectivity index (χ1) is 13.8. The van der Waals surface area contributed by atoms with Crippen LogP contribution in [0.4, 0.5) is 5.69 Å². The van der Waals surface area contributed by atoms with Crippen LogP contribution in [0.5, 0.6) is 0 Å². The zero-order chi connectivity index (χ0) is 21.0. The van der Waals surface area contributed by atoms with Gasteiger partial charge in [-0.1, -0.05) is 61.7 Å². The van der Waals surface area contributed by atoms with Gasteiger partial charge in [-0.15, -0.1) is 0 Å². The number of carbonyl (C=O) groups is 1. The van der Waals surface area contributed by atoms with Crippen LogP contribution in [-0.4, -0.2) is 17.6 Å². The highest BCUT2D eigenvalue weighted by molar-refractivity contribution is 6.32. The lowest BCUT2D eigenvalue weighted by Crippen LogP contribution is -2.27. The van der Waals surface area contributed by atoms with Gasteiger partial charge < -0.3 is 10.0 Å². The summed E-state index contributed by atoms with van der Waals surface area (Å²) in [4.78, 5) is 13.2. The summed E-state index contributed by atoms with van der Waals surface area (Å²) < 4.78 is 0. The fourth-order valence-electron chi connectivity index (χ4n) is 4.48. The Balaban J connectivity index is 1.86.